The first-order valence-corrected chi connectivity index (χ1v) is 5.07. The van der Waals surface area contributed by atoms with Gasteiger partial charge in [-0.1, -0.05) is 0 Å². The number of carboxylic acid groups (broad SMARTS) is 1. The second kappa shape index (κ2) is 4.11. The van der Waals surface area contributed by atoms with Crippen molar-refractivity contribution in [2.24, 2.45) is 0 Å². The van der Waals surface area contributed by atoms with Crippen LogP contribution in [0.1, 0.15) is 26.7 Å². The maximum atomic E-state index is 11.9. The zero-order valence-electron chi connectivity index (χ0n) is 9.61. The normalized spacial score (nSPS) is 20.4. The molecule has 0 aromatic heterocycles. The van der Waals surface area contributed by atoms with Crippen molar-refractivity contribution in [2.75, 3.05) is 7.05 Å². The molecule has 1 atom stereocenters. The SMILES string of the molecule is CN(C(=O)C1CCC(=O)N1)C(C)(C)C(=O)O. The Bertz CT molecular complexity index is 338. The highest BCUT2D eigenvalue weighted by Gasteiger charge is 2.39. The number of aliphatic carboxylic acids is 1. The lowest BCUT2D eigenvalue weighted by molar-refractivity contribution is -0.156. The molecule has 0 bridgehead atoms. The minimum Gasteiger partial charge on any atom is -0.480 e. The molecule has 1 heterocycles. The number of carboxylic acids is 1. The average molecular weight is 228 g/mol. The van der Waals surface area contributed by atoms with Gasteiger partial charge in [0.1, 0.15) is 11.6 Å². The van der Waals surface area contributed by atoms with E-state index in [4.69, 9.17) is 5.11 Å². The van der Waals surface area contributed by atoms with Crippen LogP contribution in [0.5, 0.6) is 0 Å². The van der Waals surface area contributed by atoms with E-state index in [9.17, 15) is 14.4 Å². The van der Waals surface area contributed by atoms with Gasteiger partial charge in [0.05, 0.1) is 0 Å². The van der Waals surface area contributed by atoms with Crippen LogP contribution in [0.2, 0.25) is 0 Å². The van der Waals surface area contributed by atoms with Crippen LogP contribution in [0.4, 0.5) is 0 Å². The molecule has 1 aliphatic rings. The van der Waals surface area contributed by atoms with Crippen molar-refractivity contribution in [3.8, 4) is 0 Å². The topological polar surface area (TPSA) is 86.7 Å². The first-order chi connectivity index (χ1) is 7.26. The molecule has 1 unspecified atom stereocenters. The van der Waals surface area contributed by atoms with Crippen molar-refractivity contribution in [3.63, 3.8) is 0 Å². The lowest BCUT2D eigenvalue weighted by atomic mass is 10.0. The Kier molecular flexibility index (Phi) is 3.21. The van der Waals surface area contributed by atoms with E-state index in [1.54, 1.807) is 0 Å². The molecule has 1 rings (SSSR count). The van der Waals surface area contributed by atoms with Crippen LogP contribution in [-0.2, 0) is 14.4 Å². The van der Waals surface area contributed by atoms with E-state index in [0.717, 1.165) is 4.90 Å². The van der Waals surface area contributed by atoms with Crippen molar-refractivity contribution < 1.29 is 19.5 Å². The molecule has 0 saturated carbocycles. The van der Waals surface area contributed by atoms with Gasteiger partial charge in [0, 0.05) is 13.5 Å². The highest BCUT2D eigenvalue weighted by atomic mass is 16.4. The Morgan fingerprint density at radius 1 is 1.50 bits per heavy atom. The summed E-state index contributed by atoms with van der Waals surface area (Å²) in [6.07, 6.45) is 0.745. The number of rotatable bonds is 3. The lowest BCUT2D eigenvalue weighted by Crippen LogP contribution is -2.55. The van der Waals surface area contributed by atoms with E-state index in [1.165, 1.54) is 20.9 Å². The van der Waals surface area contributed by atoms with Gasteiger partial charge in [-0.3, -0.25) is 9.59 Å². The van der Waals surface area contributed by atoms with Crippen LogP contribution >= 0.6 is 0 Å². The fourth-order valence-corrected chi connectivity index (χ4v) is 1.45. The average Bonchev–Trinajstić information content (AvgIpc) is 2.62. The van der Waals surface area contributed by atoms with Crippen molar-refractivity contribution in [2.45, 2.75) is 38.3 Å². The number of hydrogen-bond donors (Lipinski definition) is 2. The number of likely N-dealkylation sites (N-methyl/N-ethyl adjacent to an activating group) is 1. The highest BCUT2D eigenvalue weighted by Crippen LogP contribution is 2.17. The fraction of sp³-hybridized carbons (Fsp3) is 0.700. The predicted octanol–water partition coefficient (Wildman–Crippen LogP) is -0.413. The van der Waals surface area contributed by atoms with E-state index in [-0.39, 0.29) is 11.8 Å². The van der Waals surface area contributed by atoms with Crippen LogP contribution in [0.15, 0.2) is 0 Å². The van der Waals surface area contributed by atoms with Crippen LogP contribution < -0.4 is 5.32 Å². The molecule has 6 heteroatoms. The van der Waals surface area contributed by atoms with Gasteiger partial charge in [0.15, 0.2) is 0 Å². The van der Waals surface area contributed by atoms with Crippen LogP contribution in [-0.4, -0.2) is 46.4 Å². The maximum absolute atomic E-state index is 11.9. The first-order valence-electron chi connectivity index (χ1n) is 5.07. The van der Waals surface area contributed by atoms with Gasteiger partial charge in [-0.25, -0.2) is 4.79 Å². The fourth-order valence-electron chi connectivity index (χ4n) is 1.45. The van der Waals surface area contributed by atoms with Gasteiger partial charge in [-0.15, -0.1) is 0 Å². The molecular weight excluding hydrogens is 212 g/mol. The smallest absolute Gasteiger partial charge is 0.329 e. The summed E-state index contributed by atoms with van der Waals surface area (Å²) < 4.78 is 0. The number of hydrogen-bond acceptors (Lipinski definition) is 3. The van der Waals surface area contributed by atoms with Gasteiger partial charge in [-0.05, 0) is 20.3 Å². The van der Waals surface area contributed by atoms with Gasteiger partial charge in [0.25, 0.3) is 0 Å². The Hall–Kier alpha value is -1.59. The Balaban J connectivity index is 2.74. The first kappa shape index (κ1) is 12.5. The molecule has 0 radical (unpaired) electrons. The summed E-state index contributed by atoms with van der Waals surface area (Å²) >= 11 is 0. The van der Waals surface area contributed by atoms with Crippen LogP contribution in [0, 0.1) is 0 Å². The minimum atomic E-state index is -1.27. The summed E-state index contributed by atoms with van der Waals surface area (Å²) in [6.45, 7) is 2.90. The molecule has 1 fully saturated rings. The quantitative estimate of drug-likeness (QED) is 0.687. The summed E-state index contributed by atoms with van der Waals surface area (Å²) in [7, 11) is 1.43. The van der Waals surface area contributed by atoms with E-state index in [0.29, 0.717) is 12.8 Å². The van der Waals surface area contributed by atoms with Gasteiger partial charge >= 0.3 is 5.97 Å². The summed E-state index contributed by atoms with van der Waals surface area (Å²) in [6, 6.07) is -0.587. The number of nitrogens with one attached hydrogen (secondary N) is 1. The number of nitrogens with zero attached hydrogens (tertiary/aromatic N) is 1. The molecule has 2 amide bonds. The van der Waals surface area contributed by atoms with Gasteiger partial charge in [-0.2, -0.15) is 0 Å². The van der Waals surface area contributed by atoms with E-state index in [1.807, 2.05) is 0 Å². The molecule has 0 aliphatic carbocycles. The summed E-state index contributed by atoms with van der Waals surface area (Å²) in [5.41, 5.74) is -1.27. The van der Waals surface area contributed by atoms with Crippen molar-refractivity contribution in [1.82, 2.24) is 10.2 Å². The van der Waals surface area contributed by atoms with Crippen molar-refractivity contribution >= 4 is 17.8 Å². The molecule has 1 aliphatic heterocycles. The minimum absolute atomic E-state index is 0.167. The molecule has 0 aromatic carbocycles. The summed E-state index contributed by atoms with van der Waals surface area (Å²) in [5.74, 6) is -1.61. The van der Waals surface area contributed by atoms with Gasteiger partial charge < -0.3 is 15.3 Å². The van der Waals surface area contributed by atoms with Crippen LogP contribution in [0.25, 0.3) is 0 Å². The van der Waals surface area contributed by atoms with Crippen LogP contribution in [0.3, 0.4) is 0 Å². The second-order valence-electron chi connectivity index (χ2n) is 4.42. The number of carbonyl (C=O) groups excluding carboxylic acids is 2. The summed E-state index contributed by atoms with van der Waals surface area (Å²) in [4.78, 5) is 35.0. The molecule has 6 nitrogen and oxygen atoms in total. The highest BCUT2D eigenvalue weighted by molar-refractivity contribution is 5.93. The third kappa shape index (κ3) is 2.15. The molecular formula is C10H16N2O4. The van der Waals surface area contributed by atoms with E-state index < -0.39 is 17.6 Å². The molecule has 2 N–H and O–H groups in total. The predicted molar refractivity (Wildman–Crippen MR) is 55.6 cm³/mol. The third-order valence-corrected chi connectivity index (χ3v) is 2.99. The second-order valence-corrected chi connectivity index (χ2v) is 4.42. The van der Waals surface area contributed by atoms with E-state index in [2.05, 4.69) is 5.32 Å². The molecule has 90 valence electrons. The largest absolute Gasteiger partial charge is 0.480 e. The Morgan fingerprint density at radius 3 is 2.44 bits per heavy atom. The van der Waals surface area contributed by atoms with Gasteiger partial charge in [0.2, 0.25) is 11.8 Å². The Morgan fingerprint density at radius 2 is 2.06 bits per heavy atom. The summed E-state index contributed by atoms with van der Waals surface area (Å²) in [5, 5.41) is 11.5. The number of carbonyl (C=O) groups is 3. The molecule has 0 spiro atoms. The molecule has 16 heavy (non-hydrogen) atoms. The zero-order valence-corrected chi connectivity index (χ0v) is 9.61. The number of amides is 2. The van der Waals surface area contributed by atoms with Crippen molar-refractivity contribution in [1.29, 1.82) is 0 Å². The van der Waals surface area contributed by atoms with Crippen molar-refractivity contribution in [3.05, 3.63) is 0 Å². The maximum Gasteiger partial charge on any atom is 0.329 e. The molecule has 0 aromatic rings. The Labute approximate surface area is 93.6 Å². The molecule has 1 saturated heterocycles. The standard InChI is InChI=1S/C10H16N2O4/c1-10(2,9(15)16)12(3)8(14)6-4-5-7(13)11-6/h6H,4-5H2,1-3H3,(H,11,13)(H,15,16). The lowest BCUT2D eigenvalue weighted by Gasteiger charge is -2.33. The monoisotopic (exact) mass is 228 g/mol. The third-order valence-electron chi connectivity index (χ3n) is 2.99. The zero-order chi connectivity index (χ0) is 12.5. The van der Waals surface area contributed by atoms with E-state index >= 15 is 0 Å².